The normalized spacial score (nSPS) is 18.2. The highest BCUT2D eigenvalue weighted by atomic mass is 35.5. The maximum absolute atomic E-state index is 13.9. The van der Waals surface area contributed by atoms with Gasteiger partial charge in [-0.3, -0.25) is 9.69 Å². The number of hydrogen-bond donors (Lipinski definition) is 1. The summed E-state index contributed by atoms with van der Waals surface area (Å²) in [6.07, 6.45) is 3.33. The zero-order chi connectivity index (χ0) is 26.9. The van der Waals surface area contributed by atoms with Crippen LogP contribution in [0.1, 0.15) is 17.2 Å². The van der Waals surface area contributed by atoms with Gasteiger partial charge in [0.05, 0.1) is 5.69 Å². The lowest BCUT2D eigenvalue weighted by Crippen LogP contribution is -3.00. The molecule has 0 spiro atoms. The molecule has 6 rings (SSSR count). The summed E-state index contributed by atoms with van der Waals surface area (Å²) in [6.45, 7) is 0. The van der Waals surface area contributed by atoms with Crippen LogP contribution in [-0.2, 0) is 21.4 Å². The second-order valence-electron chi connectivity index (χ2n) is 9.17. The Labute approximate surface area is 250 Å². The van der Waals surface area contributed by atoms with Crippen molar-refractivity contribution in [3.8, 4) is 11.3 Å². The number of thioether (sulfide) groups is 2. The first-order valence-electron chi connectivity index (χ1n) is 12.3. The van der Waals surface area contributed by atoms with Gasteiger partial charge in [-0.1, -0.05) is 72.4 Å². The maximum atomic E-state index is 13.9. The quantitative estimate of drug-likeness (QED) is 0.193. The van der Waals surface area contributed by atoms with E-state index in [1.807, 2.05) is 102 Å². The Morgan fingerprint density at radius 2 is 1.70 bits per heavy atom. The van der Waals surface area contributed by atoms with Crippen LogP contribution in [0.15, 0.2) is 106 Å². The van der Waals surface area contributed by atoms with E-state index in [9.17, 15) is 9.59 Å². The summed E-state index contributed by atoms with van der Waals surface area (Å²) in [5, 5.41) is 1.72. The second-order valence-corrected chi connectivity index (χ2v) is 12.5. The molecule has 1 fully saturated rings. The number of ether oxygens (including phenoxy) is 1. The van der Waals surface area contributed by atoms with Crippen molar-refractivity contribution < 1.29 is 31.3 Å². The van der Waals surface area contributed by atoms with Crippen LogP contribution in [0.2, 0.25) is 0 Å². The van der Waals surface area contributed by atoms with E-state index in [1.54, 1.807) is 11.8 Å². The second kappa shape index (κ2) is 12.2. The monoisotopic (exact) mass is 608 g/mol. The fraction of sp³-hybridized carbons (Fsp3) is 0.172. The van der Waals surface area contributed by atoms with Gasteiger partial charge in [-0.15, -0.1) is 23.1 Å². The van der Waals surface area contributed by atoms with Gasteiger partial charge in [-0.2, -0.15) is 0 Å². The first-order chi connectivity index (χ1) is 19.0. The van der Waals surface area contributed by atoms with Crippen molar-refractivity contribution in [2.45, 2.75) is 21.9 Å². The van der Waals surface area contributed by atoms with Crippen molar-refractivity contribution in [3.05, 3.63) is 112 Å². The lowest BCUT2D eigenvalue weighted by atomic mass is 10.0. The van der Waals surface area contributed by atoms with Crippen molar-refractivity contribution in [1.82, 2.24) is 9.88 Å². The molecule has 4 heterocycles. The Balaban J connectivity index is 0.00000323. The molecular weight excluding hydrogens is 584 g/mol. The van der Waals surface area contributed by atoms with Gasteiger partial charge >= 0.3 is 5.97 Å². The third kappa shape index (κ3) is 5.55. The highest BCUT2D eigenvalue weighted by Gasteiger charge is 2.52. The van der Waals surface area contributed by atoms with Crippen molar-refractivity contribution in [3.63, 3.8) is 0 Å². The highest BCUT2D eigenvalue weighted by molar-refractivity contribution is 8.07. The Kier molecular flexibility index (Phi) is 8.62. The lowest BCUT2D eigenvalue weighted by molar-refractivity contribution is -0.671. The average molecular weight is 609 g/mol. The molecule has 0 saturated carbocycles. The number of nitrogens with two attached hydrogens (primary N) is 1. The topological polar surface area (TPSA) is 89.4 Å². The molecule has 1 amide bonds. The molecule has 2 aliphatic heterocycles. The molecule has 0 unspecified atom stereocenters. The van der Waals surface area contributed by atoms with Crippen LogP contribution in [0.4, 0.5) is 0 Å². The summed E-state index contributed by atoms with van der Waals surface area (Å²) in [5.74, 6) is -0.285. The number of β-lactam (4-membered cyclic amide) rings is 1. The Morgan fingerprint density at radius 1 is 1.07 bits per heavy atom. The van der Waals surface area contributed by atoms with Gasteiger partial charge < -0.3 is 22.9 Å². The summed E-state index contributed by atoms with van der Waals surface area (Å²) in [5.41, 5.74) is 9.93. The summed E-state index contributed by atoms with van der Waals surface area (Å²) < 4.78 is 8.94. The van der Waals surface area contributed by atoms with Crippen LogP contribution in [0.25, 0.3) is 11.3 Å². The van der Waals surface area contributed by atoms with E-state index in [2.05, 4.69) is 0 Å². The first-order valence-corrected chi connectivity index (χ1v) is 15.1. The number of benzene rings is 2. The van der Waals surface area contributed by atoms with Gasteiger partial charge in [-0.25, -0.2) is 14.3 Å². The molecule has 40 heavy (non-hydrogen) atoms. The smallest absolute Gasteiger partial charge is 0.356 e. The number of aromatic nitrogens is 2. The highest BCUT2D eigenvalue weighted by Crippen LogP contribution is 2.46. The molecule has 2 N–H and O–H groups in total. The number of pyridine rings is 1. The molecule has 0 bridgehead atoms. The van der Waals surface area contributed by atoms with Gasteiger partial charge in [-0.05, 0) is 11.1 Å². The third-order valence-corrected chi connectivity index (χ3v) is 10.1. The van der Waals surface area contributed by atoms with E-state index >= 15 is 0 Å². The Hall–Kier alpha value is -3.15. The summed E-state index contributed by atoms with van der Waals surface area (Å²) in [4.78, 5) is 33.8. The summed E-state index contributed by atoms with van der Waals surface area (Å²) in [6, 6.07) is 22.6. The molecule has 0 radical (unpaired) electrons. The summed E-state index contributed by atoms with van der Waals surface area (Å²) in [7, 11) is 1.97. The third-order valence-electron chi connectivity index (χ3n) is 6.57. The molecular formula is C29H25ClN4O3S3. The van der Waals surface area contributed by atoms with E-state index in [1.165, 1.54) is 28.0 Å². The van der Waals surface area contributed by atoms with Crippen LogP contribution in [0, 0.1) is 0 Å². The number of carbonyl (C=O) groups is 2. The van der Waals surface area contributed by atoms with Crippen LogP contribution < -0.4 is 22.7 Å². The number of amides is 1. The SMILES string of the molecule is C[n+]1ccc(-c2csc(SC3=C(C(=O)OC(c4ccccc4)c4ccccc4)N4C(=O)[C@@H](N)[C@H]4SC3)n2)cc1.[Cl-]. The van der Waals surface area contributed by atoms with Gasteiger partial charge in [0.2, 0.25) is 5.91 Å². The number of aryl methyl sites for hydroxylation is 1. The molecule has 2 aromatic heterocycles. The van der Waals surface area contributed by atoms with Crippen LogP contribution in [0.3, 0.4) is 0 Å². The standard InChI is InChI=1S/C29H25N4O3S3.ClH/c1-32-14-12-18(13-15-32)21-16-38-29(31-21)39-22-17-37-27-23(30)26(34)33(27)24(22)28(35)36-25(19-8-4-2-5-9-19)20-10-6-3-7-11-20;/h2-16,23,25,27H,17,30H2,1H3;1H/q+1;/p-1/t23-,27-;/m1./s1. The van der Waals surface area contributed by atoms with E-state index in [4.69, 9.17) is 15.5 Å². The first kappa shape index (κ1) is 28.4. The Morgan fingerprint density at radius 3 is 2.33 bits per heavy atom. The minimum atomic E-state index is -0.630. The minimum Gasteiger partial charge on any atom is -1.00 e. The number of hydrogen-bond acceptors (Lipinski definition) is 8. The summed E-state index contributed by atoms with van der Waals surface area (Å²) >= 11 is 4.47. The lowest BCUT2D eigenvalue weighted by Gasteiger charge is -2.48. The molecule has 2 aliphatic rings. The molecule has 0 aliphatic carbocycles. The van der Waals surface area contributed by atoms with E-state index < -0.39 is 18.1 Å². The number of nitrogens with zero attached hydrogens (tertiary/aromatic N) is 3. The number of rotatable bonds is 7. The molecule has 4 aromatic rings. The molecule has 11 heteroatoms. The minimum absolute atomic E-state index is 0. The van der Waals surface area contributed by atoms with Gasteiger partial charge in [0.15, 0.2) is 22.8 Å². The van der Waals surface area contributed by atoms with Crippen molar-refractivity contribution >= 4 is 46.7 Å². The number of esters is 1. The van der Waals surface area contributed by atoms with Gasteiger partial charge in [0.25, 0.3) is 0 Å². The fourth-order valence-corrected chi connectivity index (χ4v) is 7.92. The van der Waals surface area contributed by atoms with Crippen LogP contribution >= 0.6 is 34.9 Å². The maximum Gasteiger partial charge on any atom is 0.356 e. The number of thiazole rings is 1. The molecule has 7 nitrogen and oxygen atoms in total. The van der Waals surface area contributed by atoms with Gasteiger partial charge in [0.1, 0.15) is 24.2 Å². The van der Waals surface area contributed by atoms with E-state index in [0.717, 1.165) is 31.6 Å². The fourth-order valence-electron chi connectivity index (χ4n) is 4.52. The van der Waals surface area contributed by atoms with Gasteiger partial charge in [0, 0.05) is 33.7 Å². The zero-order valence-electron chi connectivity index (χ0n) is 21.3. The molecule has 2 atom stereocenters. The van der Waals surface area contributed by atoms with E-state index in [0.29, 0.717) is 5.75 Å². The molecule has 1 saturated heterocycles. The van der Waals surface area contributed by atoms with Crippen molar-refractivity contribution in [2.24, 2.45) is 12.8 Å². The Bertz CT molecular complexity index is 1510. The number of halogens is 1. The predicted octanol–water partition coefficient (Wildman–Crippen LogP) is 1.52. The van der Waals surface area contributed by atoms with Crippen LogP contribution in [0.5, 0.6) is 0 Å². The van der Waals surface area contributed by atoms with Crippen molar-refractivity contribution in [1.29, 1.82) is 0 Å². The average Bonchev–Trinajstić information content (AvgIpc) is 3.44. The zero-order valence-corrected chi connectivity index (χ0v) is 24.6. The van der Waals surface area contributed by atoms with Crippen molar-refractivity contribution in [2.75, 3.05) is 5.75 Å². The van der Waals surface area contributed by atoms with Crippen LogP contribution in [-0.4, -0.2) is 38.9 Å². The number of carbonyl (C=O) groups excluding carboxylic acids is 2. The number of fused-ring (bicyclic) bond motifs is 1. The molecule has 2 aromatic carbocycles. The molecule has 204 valence electrons. The van der Waals surface area contributed by atoms with E-state index in [-0.39, 0.29) is 29.4 Å². The predicted molar refractivity (Wildman–Crippen MR) is 153 cm³/mol. The largest absolute Gasteiger partial charge is 1.00 e.